The first-order valence-corrected chi connectivity index (χ1v) is 5.12. The van der Waals surface area contributed by atoms with Gasteiger partial charge in [0.15, 0.2) is 5.75 Å². The minimum absolute atomic E-state index is 0. The van der Waals surface area contributed by atoms with Crippen LogP contribution in [-0.2, 0) is 0 Å². The van der Waals surface area contributed by atoms with E-state index >= 15 is 0 Å². The van der Waals surface area contributed by atoms with Gasteiger partial charge in [-0.2, -0.15) is 0 Å². The van der Waals surface area contributed by atoms with Crippen molar-refractivity contribution in [3.05, 3.63) is 50.5 Å². The fourth-order valence-electron chi connectivity index (χ4n) is 1.44. The molecule has 2 aromatic carbocycles. The van der Waals surface area contributed by atoms with Gasteiger partial charge in [-0.25, -0.2) is 4.39 Å². The van der Waals surface area contributed by atoms with E-state index in [1.54, 1.807) is 6.92 Å². The molecule has 0 amide bonds. The molecule has 0 saturated carbocycles. The number of nitrogens with one attached hydrogen (secondary N) is 1. The first kappa shape index (κ1) is 11.3. The summed E-state index contributed by atoms with van der Waals surface area (Å²) in [5.41, 5.74) is -0.586. The van der Waals surface area contributed by atoms with Crippen molar-refractivity contribution in [1.29, 1.82) is 0 Å². The minimum atomic E-state index is -0.628. The summed E-state index contributed by atoms with van der Waals surface area (Å²) in [5.74, 6) is -0.326. The summed E-state index contributed by atoms with van der Waals surface area (Å²) in [6, 6.07) is 5.46. The minimum Gasteiger partial charge on any atom is -0.488 e. The average Bonchev–Trinajstić information content (AvgIpc) is 2.35. The van der Waals surface area contributed by atoms with Crippen molar-refractivity contribution in [1.82, 2.24) is 0 Å². The molecule has 0 aliphatic rings. The molecule has 0 spiro atoms. The summed E-state index contributed by atoms with van der Waals surface area (Å²) in [6.45, 7) is 2.03. The molecule has 17 heavy (non-hydrogen) atoms. The highest BCUT2D eigenvalue weighted by atomic mass is 19.1. The summed E-state index contributed by atoms with van der Waals surface area (Å²) in [6.07, 6.45) is 0. The highest BCUT2D eigenvalue weighted by Crippen LogP contribution is 2.22. The largest absolute Gasteiger partial charge is 0.488 e. The molecule has 0 aliphatic heterocycles. The molecule has 4 nitrogen and oxygen atoms in total. The van der Waals surface area contributed by atoms with Crippen LogP contribution in [0, 0.1) is 5.82 Å². The lowest BCUT2D eigenvalue weighted by atomic mass is 10.2. The van der Waals surface area contributed by atoms with Gasteiger partial charge in [-0.3, -0.25) is 9.59 Å². The lowest BCUT2D eigenvalue weighted by molar-refractivity contribution is 0.335. The van der Waals surface area contributed by atoms with Gasteiger partial charge in [0.2, 0.25) is 0 Å². The Bertz CT molecular complexity index is 603. The summed E-state index contributed by atoms with van der Waals surface area (Å²) in [7, 11) is 0. The van der Waals surface area contributed by atoms with Crippen LogP contribution in [-0.4, -0.2) is 6.61 Å². The molecule has 0 heterocycles. The maximum Gasteiger partial charge on any atom is 0.272 e. The Morgan fingerprint density at radius 1 is 1.24 bits per heavy atom. The van der Waals surface area contributed by atoms with E-state index in [-0.39, 0.29) is 18.7 Å². The highest BCUT2D eigenvalue weighted by Gasteiger charge is 2.22. The monoisotopic (exact) mass is 237 g/mol. The van der Waals surface area contributed by atoms with E-state index in [1.165, 1.54) is 24.3 Å². The fraction of sp³-hybridized carbons (Fsp3) is 0.167. The van der Waals surface area contributed by atoms with E-state index in [0.29, 0.717) is 12.3 Å². The molecule has 90 valence electrons. The molecule has 0 atom stereocenters. The van der Waals surface area contributed by atoms with E-state index in [4.69, 9.17) is 4.74 Å². The topological polar surface area (TPSA) is 55.4 Å². The average molecular weight is 237 g/mol. The fourth-order valence-corrected chi connectivity index (χ4v) is 1.44. The van der Waals surface area contributed by atoms with Crippen LogP contribution in [0.15, 0.2) is 33.9 Å². The van der Waals surface area contributed by atoms with Gasteiger partial charge < -0.3 is 10.1 Å². The second-order valence-electron chi connectivity index (χ2n) is 3.43. The molecule has 2 aromatic rings. The Labute approximate surface area is 97.8 Å². The van der Waals surface area contributed by atoms with Crippen LogP contribution in [0.2, 0.25) is 0 Å². The van der Waals surface area contributed by atoms with Crippen LogP contribution in [0.3, 0.4) is 0 Å². The third-order valence-electron chi connectivity index (χ3n) is 2.27. The van der Waals surface area contributed by atoms with E-state index < -0.39 is 10.9 Å². The Morgan fingerprint density at radius 3 is 2.47 bits per heavy atom. The predicted molar refractivity (Wildman–Crippen MR) is 64.3 cm³/mol. The molecule has 0 saturated heterocycles. The second kappa shape index (κ2) is 4.37. The zero-order chi connectivity index (χ0) is 12.4. The van der Waals surface area contributed by atoms with Crippen molar-refractivity contribution >= 4 is 11.4 Å². The summed E-state index contributed by atoms with van der Waals surface area (Å²) in [4.78, 5) is 22.5. The number of hydrogen-bond donors (Lipinski definition) is 1. The zero-order valence-corrected chi connectivity index (χ0v) is 9.12. The highest BCUT2D eigenvalue weighted by molar-refractivity contribution is 5.69. The second-order valence-corrected chi connectivity index (χ2v) is 3.43. The van der Waals surface area contributed by atoms with Gasteiger partial charge >= 0.3 is 0 Å². The molecule has 0 aliphatic carbocycles. The van der Waals surface area contributed by atoms with Crippen molar-refractivity contribution in [3.8, 4) is 5.75 Å². The number of rotatable bonds is 4. The lowest BCUT2D eigenvalue weighted by Crippen LogP contribution is -2.35. The molecule has 1 N–H and O–H groups in total. The molecular formula is C12H12FNO3. The standard InChI is InChI=1S/C12H10FNO3.H2/c1-2-17-12-9(10(15)11(12)16)14-8-5-3-7(13)4-6-8;/h3-6,14H,2H2,1H3;1H. The van der Waals surface area contributed by atoms with Gasteiger partial charge in [-0.15, -0.1) is 0 Å². The number of halogens is 1. The molecule has 2 rings (SSSR count). The molecule has 0 aromatic heterocycles. The molecular weight excluding hydrogens is 225 g/mol. The van der Waals surface area contributed by atoms with Crippen LogP contribution in [0.5, 0.6) is 5.75 Å². The molecule has 0 fully saturated rings. The van der Waals surface area contributed by atoms with Gasteiger partial charge in [0.1, 0.15) is 11.5 Å². The van der Waals surface area contributed by atoms with Crippen LogP contribution >= 0.6 is 0 Å². The van der Waals surface area contributed by atoms with Crippen LogP contribution in [0.1, 0.15) is 8.35 Å². The van der Waals surface area contributed by atoms with E-state index in [9.17, 15) is 14.0 Å². The van der Waals surface area contributed by atoms with Crippen molar-refractivity contribution in [2.24, 2.45) is 0 Å². The molecule has 0 radical (unpaired) electrons. The summed E-state index contributed by atoms with van der Waals surface area (Å²) < 4.78 is 17.7. The molecule has 0 bridgehead atoms. The third kappa shape index (κ3) is 2.04. The maximum absolute atomic E-state index is 12.7. The predicted octanol–water partition coefficient (Wildman–Crippen LogP) is 1.81. The normalized spacial score (nSPS) is 10.5. The van der Waals surface area contributed by atoms with Crippen LogP contribution < -0.4 is 20.9 Å². The van der Waals surface area contributed by atoms with Crippen molar-refractivity contribution < 1.29 is 10.6 Å². The Kier molecular flexibility index (Phi) is 2.91. The Hall–Kier alpha value is -2.17. The Morgan fingerprint density at radius 2 is 1.88 bits per heavy atom. The van der Waals surface area contributed by atoms with Gasteiger partial charge in [0, 0.05) is 7.11 Å². The molecule has 5 heteroatoms. The van der Waals surface area contributed by atoms with Crippen molar-refractivity contribution in [3.63, 3.8) is 0 Å². The van der Waals surface area contributed by atoms with Gasteiger partial charge in [0.05, 0.1) is 6.61 Å². The van der Waals surface area contributed by atoms with E-state index in [1.807, 2.05) is 0 Å². The summed E-state index contributed by atoms with van der Waals surface area (Å²) >= 11 is 0. The third-order valence-corrected chi connectivity index (χ3v) is 2.27. The van der Waals surface area contributed by atoms with Gasteiger partial charge in [-0.05, 0) is 31.2 Å². The molecule has 0 unspecified atom stereocenters. The van der Waals surface area contributed by atoms with E-state index in [0.717, 1.165) is 0 Å². The maximum atomic E-state index is 12.7. The number of hydrogen-bond acceptors (Lipinski definition) is 4. The van der Waals surface area contributed by atoms with Gasteiger partial charge in [0.25, 0.3) is 10.9 Å². The SMILES string of the molecule is CCOc1c(Nc2ccc(F)cc2)c(=O)c1=O.[HH]. The summed E-state index contributed by atoms with van der Waals surface area (Å²) in [5, 5.41) is 2.74. The first-order chi connectivity index (χ1) is 8.13. The van der Waals surface area contributed by atoms with E-state index in [2.05, 4.69) is 5.32 Å². The number of ether oxygens (including phenoxy) is 1. The number of benzene rings is 1. The van der Waals surface area contributed by atoms with Gasteiger partial charge in [-0.1, -0.05) is 0 Å². The van der Waals surface area contributed by atoms with Crippen LogP contribution in [0.4, 0.5) is 15.8 Å². The first-order valence-electron chi connectivity index (χ1n) is 5.12. The number of anilines is 2. The quantitative estimate of drug-likeness (QED) is 0.824. The zero-order valence-electron chi connectivity index (χ0n) is 9.12. The lowest BCUT2D eigenvalue weighted by Gasteiger charge is -2.12. The van der Waals surface area contributed by atoms with Crippen molar-refractivity contribution in [2.45, 2.75) is 6.92 Å². The van der Waals surface area contributed by atoms with Crippen molar-refractivity contribution in [2.75, 3.05) is 11.9 Å². The smallest absolute Gasteiger partial charge is 0.272 e. The Balaban J connectivity index is 0.00000162. The van der Waals surface area contributed by atoms with Crippen LogP contribution in [0.25, 0.3) is 0 Å².